The van der Waals surface area contributed by atoms with Gasteiger partial charge in [0.15, 0.2) is 0 Å². The van der Waals surface area contributed by atoms with E-state index in [9.17, 15) is 9.90 Å². The van der Waals surface area contributed by atoms with Gasteiger partial charge in [-0.15, -0.1) is 0 Å². The van der Waals surface area contributed by atoms with Crippen LogP contribution in [-0.2, 0) is 17.8 Å². The fourth-order valence-electron chi connectivity index (χ4n) is 2.41. The normalized spacial score (nSPS) is 12.7. The predicted molar refractivity (Wildman–Crippen MR) is 92.9 cm³/mol. The number of aromatic amines is 1. The molecule has 0 bridgehead atoms. The third kappa shape index (κ3) is 5.09. The summed E-state index contributed by atoms with van der Waals surface area (Å²) in [4.78, 5) is 11.9. The van der Waals surface area contributed by atoms with Gasteiger partial charge >= 0.3 is 6.09 Å². The number of ether oxygens (including phenoxy) is 1. The average Bonchev–Trinajstić information content (AvgIpc) is 2.92. The highest BCUT2D eigenvalue weighted by Crippen LogP contribution is 2.24. The van der Waals surface area contributed by atoms with Gasteiger partial charge < -0.3 is 9.84 Å². The molecule has 0 saturated carbocycles. The molecular weight excluding hydrogens is 306 g/mol. The first-order valence-electron chi connectivity index (χ1n) is 8.01. The molecular formula is C18H25N3O3. The monoisotopic (exact) mass is 331 g/mol. The maximum atomic E-state index is 11.9. The zero-order chi connectivity index (χ0) is 17.7. The Bertz CT molecular complexity index is 689. The van der Waals surface area contributed by atoms with Gasteiger partial charge in [0, 0.05) is 17.4 Å². The molecule has 130 valence electrons. The summed E-state index contributed by atoms with van der Waals surface area (Å²) in [5, 5.41) is 19.0. The molecule has 0 aliphatic carbocycles. The van der Waals surface area contributed by atoms with Crippen molar-refractivity contribution in [1.29, 1.82) is 0 Å². The Morgan fingerprint density at radius 1 is 1.42 bits per heavy atom. The van der Waals surface area contributed by atoms with E-state index in [0.29, 0.717) is 12.1 Å². The zero-order valence-electron chi connectivity index (χ0n) is 14.6. The molecule has 0 fully saturated rings. The molecule has 1 aromatic heterocycles. The number of carbonyl (C=O) groups excluding carboxylic acids is 1. The summed E-state index contributed by atoms with van der Waals surface area (Å²) in [6.07, 6.45) is 1.94. The van der Waals surface area contributed by atoms with E-state index in [-0.39, 0.29) is 12.5 Å². The fourth-order valence-corrected chi connectivity index (χ4v) is 2.41. The summed E-state index contributed by atoms with van der Waals surface area (Å²) in [5.41, 5.74) is 2.91. The number of benzene rings is 1. The van der Waals surface area contributed by atoms with Crippen LogP contribution in [0.25, 0.3) is 0 Å². The van der Waals surface area contributed by atoms with Gasteiger partial charge in [0.2, 0.25) is 0 Å². The lowest BCUT2D eigenvalue weighted by molar-refractivity contribution is 0.0636. The lowest BCUT2D eigenvalue weighted by Crippen LogP contribution is -2.27. The van der Waals surface area contributed by atoms with Gasteiger partial charge in [0.1, 0.15) is 5.60 Å². The SMILES string of the molecule is CC(Cc1n[nH]cc1CO)c1cccc(NC(=O)OC(C)(C)C)c1. The molecule has 6 heteroatoms. The van der Waals surface area contributed by atoms with Crippen LogP contribution in [-0.4, -0.2) is 27.0 Å². The lowest BCUT2D eigenvalue weighted by Gasteiger charge is -2.20. The van der Waals surface area contributed by atoms with Crippen molar-refractivity contribution in [3.05, 3.63) is 47.3 Å². The number of nitrogens with zero attached hydrogens (tertiary/aromatic N) is 1. The maximum Gasteiger partial charge on any atom is 0.412 e. The molecule has 0 saturated heterocycles. The fraction of sp³-hybridized carbons (Fsp3) is 0.444. The highest BCUT2D eigenvalue weighted by atomic mass is 16.6. The molecule has 6 nitrogen and oxygen atoms in total. The van der Waals surface area contributed by atoms with E-state index in [0.717, 1.165) is 16.8 Å². The second kappa shape index (κ2) is 7.49. The molecule has 24 heavy (non-hydrogen) atoms. The number of nitrogens with one attached hydrogen (secondary N) is 2. The smallest absolute Gasteiger partial charge is 0.412 e. The van der Waals surface area contributed by atoms with Crippen LogP contribution in [0.4, 0.5) is 10.5 Å². The number of amides is 1. The molecule has 1 heterocycles. The first-order valence-corrected chi connectivity index (χ1v) is 8.01. The molecule has 2 aromatic rings. The van der Waals surface area contributed by atoms with Crippen molar-refractivity contribution in [2.45, 2.75) is 52.2 Å². The molecule has 3 N–H and O–H groups in total. The lowest BCUT2D eigenvalue weighted by atomic mass is 9.94. The van der Waals surface area contributed by atoms with E-state index >= 15 is 0 Å². The standard InChI is InChI=1S/C18H25N3O3/c1-12(8-16-14(11-22)10-19-21-16)13-6-5-7-15(9-13)20-17(23)24-18(2,3)4/h5-7,9-10,12,22H,8,11H2,1-4H3,(H,19,21)(H,20,23). The minimum atomic E-state index is -0.532. The molecule has 0 aliphatic rings. The van der Waals surface area contributed by atoms with Crippen LogP contribution in [0.2, 0.25) is 0 Å². The van der Waals surface area contributed by atoms with Crippen LogP contribution < -0.4 is 5.32 Å². The first-order chi connectivity index (χ1) is 11.3. The number of hydrogen-bond donors (Lipinski definition) is 3. The second-order valence-electron chi connectivity index (χ2n) is 6.87. The van der Waals surface area contributed by atoms with Crippen molar-refractivity contribution < 1.29 is 14.6 Å². The van der Waals surface area contributed by atoms with Crippen molar-refractivity contribution in [1.82, 2.24) is 10.2 Å². The summed E-state index contributed by atoms with van der Waals surface area (Å²) in [7, 11) is 0. The van der Waals surface area contributed by atoms with Crippen LogP contribution in [0.15, 0.2) is 30.5 Å². The maximum absolute atomic E-state index is 11.9. The van der Waals surface area contributed by atoms with Crippen LogP contribution in [0.5, 0.6) is 0 Å². The predicted octanol–water partition coefficient (Wildman–Crippen LogP) is 3.60. The summed E-state index contributed by atoms with van der Waals surface area (Å²) in [6, 6.07) is 7.67. The largest absolute Gasteiger partial charge is 0.444 e. The Hall–Kier alpha value is -2.34. The van der Waals surface area contributed by atoms with E-state index in [2.05, 4.69) is 22.4 Å². The Kier molecular flexibility index (Phi) is 5.62. The molecule has 2 rings (SSSR count). The Labute approximate surface area is 142 Å². The molecule has 0 aliphatic heterocycles. The van der Waals surface area contributed by atoms with Crippen LogP contribution in [0, 0.1) is 0 Å². The van der Waals surface area contributed by atoms with Crippen molar-refractivity contribution in [2.75, 3.05) is 5.32 Å². The average molecular weight is 331 g/mol. The third-order valence-electron chi connectivity index (χ3n) is 3.58. The Morgan fingerprint density at radius 2 is 2.17 bits per heavy atom. The number of aliphatic hydroxyl groups excluding tert-OH is 1. The topological polar surface area (TPSA) is 87.2 Å². The highest BCUT2D eigenvalue weighted by molar-refractivity contribution is 5.84. The summed E-state index contributed by atoms with van der Waals surface area (Å²) in [6.45, 7) is 7.54. The summed E-state index contributed by atoms with van der Waals surface area (Å²) >= 11 is 0. The van der Waals surface area contributed by atoms with Crippen LogP contribution in [0.1, 0.15) is 50.4 Å². The van der Waals surface area contributed by atoms with Gasteiger partial charge in [0.25, 0.3) is 0 Å². The van der Waals surface area contributed by atoms with Gasteiger partial charge in [-0.2, -0.15) is 5.10 Å². The van der Waals surface area contributed by atoms with Gasteiger partial charge in [-0.05, 0) is 50.8 Å². The minimum absolute atomic E-state index is 0.0290. The highest BCUT2D eigenvalue weighted by Gasteiger charge is 2.17. The number of H-pyrrole nitrogens is 1. The van der Waals surface area contributed by atoms with E-state index in [1.165, 1.54) is 0 Å². The van der Waals surface area contributed by atoms with Gasteiger partial charge in [-0.25, -0.2) is 4.79 Å². The number of rotatable bonds is 5. The van der Waals surface area contributed by atoms with E-state index < -0.39 is 11.7 Å². The summed E-state index contributed by atoms with van der Waals surface area (Å²) < 4.78 is 5.27. The molecule has 1 aromatic carbocycles. The quantitative estimate of drug-likeness (QED) is 0.781. The number of aliphatic hydroxyl groups is 1. The Morgan fingerprint density at radius 3 is 2.83 bits per heavy atom. The van der Waals surface area contributed by atoms with Gasteiger partial charge in [-0.1, -0.05) is 19.1 Å². The molecule has 1 amide bonds. The second-order valence-corrected chi connectivity index (χ2v) is 6.87. The van der Waals surface area contributed by atoms with E-state index in [1.807, 2.05) is 45.0 Å². The van der Waals surface area contributed by atoms with E-state index in [4.69, 9.17) is 4.74 Å². The van der Waals surface area contributed by atoms with Gasteiger partial charge in [0.05, 0.1) is 12.3 Å². The number of carbonyl (C=O) groups is 1. The number of aromatic nitrogens is 2. The van der Waals surface area contributed by atoms with Crippen LogP contribution >= 0.6 is 0 Å². The molecule has 0 radical (unpaired) electrons. The van der Waals surface area contributed by atoms with Crippen molar-refractivity contribution in [3.63, 3.8) is 0 Å². The summed E-state index contributed by atoms with van der Waals surface area (Å²) in [5.74, 6) is 0.194. The molecule has 0 spiro atoms. The van der Waals surface area contributed by atoms with Gasteiger partial charge in [-0.3, -0.25) is 10.4 Å². The van der Waals surface area contributed by atoms with E-state index in [1.54, 1.807) is 6.20 Å². The van der Waals surface area contributed by atoms with Crippen molar-refractivity contribution in [2.24, 2.45) is 0 Å². The third-order valence-corrected chi connectivity index (χ3v) is 3.58. The van der Waals surface area contributed by atoms with Crippen molar-refractivity contribution >= 4 is 11.8 Å². The molecule has 1 atom stereocenters. The van der Waals surface area contributed by atoms with Crippen LogP contribution in [0.3, 0.4) is 0 Å². The molecule has 1 unspecified atom stereocenters. The zero-order valence-corrected chi connectivity index (χ0v) is 14.6. The number of anilines is 1. The minimum Gasteiger partial charge on any atom is -0.444 e. The van der Waals surface area contributed by atoms with Crippen molar-refractivity contribution in [3.8, 4) is 0 Å². The number of hydrogen-bond acceptors (Lipinski definition) is 4. The Balaban J connectivity index is 2.05. The first kappa shape index (κ1) is 18.0.